The fourth-order valence-electron chi connectivity index (χ4n) is 3.57. The third-order valence-corrected chi connectivity index (χ3v) is 4.80. The minimum atomic E-state index is -0.762. The van der Waals surface area contributed by atoms with Crippen molar-refractivity contribution in [2.24, 2.45) is 5.92 Å². The second kappa shape index (κ2) is 6.81. The SMILES string of the molecule is Cc1cccc(OCC(=O)NC2CCOC3(C2)CC(C(=O)O)C3)c1. The van der Waals surface area contributed by atoms with Crippen molar-refractivity contribution in [2.45, 2.75) is 44.2 Å². The molecule has 6 heteroatoms. The number of carbonyl (C=O) groups is 2. The largest absolute Gasteiger partial charge is 0.484 e. The quantitative estimate of drug-likeness (QED) is 0.860. The van der Waals surface area contributed by atoms with Gasteiger partial charge in [0.15, 0.2) is 6.61 Å². The van der Waals surface area contributed by atoms with Crippen LogP contribution >= 0.6 is 0 Å². The van der Waals surface area contributed by atoms with Crippen molar-refractivity contribution in [3.05, 3.63) is 29.8 Å². The number of amides is 1. The topological polar surface area (TPSA) is 84.9 Å². The lowest BCUT2D eigenvalue weighted by atomic mass is 9.66. The Morgan fingerprint density at radius 2 is 2.17 bits per heavy atom. The number of aryl methyl sites for hydroxylation is 1. The number of hydrogen-bond acceptors (Lipinski definition) is 4. The van der Waals surface area contributed by atoms with Crippen LogP contribution in [0.25, 0.3) is 0 Å². The molecule has 1 aromatic carbocycles. The Bertz CT molecular complexity index is 624. The number of nitrogens with one attached hydrogen (secondary N) is 1. The summed E-state index contributed by atoms with van der Waals surface area (Å²) >= 11 is 0. The molecule has 2 N–H and O–H groups in total. The summed E-state index contributed by atoms with van der Waals surface area (Å²) in [7, 11) is 0. The van der Waals surface area contributed by atoms with Gasteiger partial charge in [-0.15, -0.1) is 0 Å². The van der Waals surface area contributed by atoms with Gasteiger partial charge in [0.25, 0.3) is 5.91 Å². The average Bonchev–Trinajstić information content (AvgIpc) is 2.51. The summed E-state index contributed by atoms with van der Waals surface area (Å²) in [6, 6.07) is 7.58. The van der Waals surface area contributed by atoms with E-state index in [0.717, 1.165) is 12.0 Å². The van der Waals surface area contributed by atoms with E-state index in [1.165, 1.54) is 0 Å². The molecule has 0 radical (unpaired) electrons. The zero-order valence-corrected chi connectivity index (χ0v) is 13.8. The van der Waals surface area contributed by atoms with E-state index in [4.69, 9.17) is 14.6 Å². The van der Waals surface area contributed by atoms with E-state index in [1.807, 2.05) is 31.2 Å². The molecular formula is C18H23NO5. The van der Waals surface area contributed by atoms with Crippen molar-refractivity contribution in [2.75, 3.05) is 13.2 Å². The van der Waals surface area contributed by atoms with Gasteiger partial charge in [0.05, 0.1) is 11.5 Å². The molecule has 2 aliphatic rings. The van der Waals surface area contributed by atoms with Crippen molar-refractivity contribution in [1.82, 2.24) is 5.32 Å². The molecule has 2 fully saturated rings. The van der Waals surface area contributed by atoms with E-state index in [1.54, 1.807) is 0 Å². The Morgan fingerprint density at radius 1 is 1.38 bits per heavy atom. The Hall–Kier alpha value is -2.08. The number of carboxylic acids is 1. The molecule has 1 aromatic rings. The zero-order valence-electron chi connectivity index (χ0n) is 13.8. The van der Waals surface area contributed by atoms with Crippen LogP contribution in [-0.4, -0.2) is 41.8 Å². The van der Waals surface area contributed by atoms with E-state index < -0.39 is 5.97 Å². The van der Waals surface area contributed by atoms with Gasteiger partial charge in [-0.3, -0.25) is 9.59 Å². The van der Waals surface area contributed by atoms with E-state index in [9.17, 15) is 9.59 Å². The van der Waals surface area contributed by atoms with Crippen LogP contribution in [0.2, 0.25) is 0 Å². The molecule has 1 amide bonds. The molecule has 24 heavy (non-hydrogen) atoms. The molecule has 1 unspecified atom stereocenters. The van der Waals surface area contributed by atoms with E-state index >= 15 is 0 Å². The van der Waals surface area contributed by atoms with Crippen molar-refractivity contribution < 1.29 is 24.2 Å². The molecule has 1 aliphatic carbocycles. The molecule has 6 nitrogen and oxygen atoms in total. The minimum Gasteiger partial charge on any atom is -0.484 e. The summed E-state index contributed by atoms with van der Waals surface area (Å²) in [5, 5.41) is 12.0. The number of carbonyl (C=O) groups excluding carboxylic acids is 1. The average molecular weight is 333 g/mol. The number of carboxylic acid groups (broad SMARTS) is 1. The monoisotopic (exact) mass is 333 g/mol. The van der Waals surface area contributed by atoms with Gasteiger partial charge in [-0.2, -0.15) is 0 Å². The van der Waals surface area contributed by atoms with Crippen LogP contribution in [-0.2, 0) is 14.3 Å². The third-order valence-electron chi connectivity index (χ3n) is 4.80. The summed E-state index contributed by atoms with van der Waals surface area (Å²) in [6.45, 7) is 2.50. The van der Waals surface area contributed by atoms with Gasteiger partial charge in [-0.1, -0.05) is 12.1 Å². The zero-order chi connectivity index (χ0) is 17.2. The molecule has 1 atom stereocenters. The highest BCUT2D eigenvalue weighted by Gasteiger charge is 2.51. The third kappa shape index (κ3) is 3.87. The minimum absolute atomic E-state index is 0.0158. The smallest absolute Gasteiger partial charge is 0.306 e. The molecule has 0 aromatic heterocycles. The van der Waals surface area contributed by atoms with Gasteiger partial charge in [-0.25, -0.2) is 0 Å². The first-order valence-electron chi connectivity index (χ1n) is 8.31. The predicted octanol–water partition coefficient (Wildman–Crippen LogP) is 1.90. The summed E-state index contributed by atoms with van der Waals surface area (Å²) in [4.78, 5) is 23.1. The molecule has 0 bridgehead atoms. The summed E-state index contributed by atoms with van der Waals surface area (Å²) in [5.41, 5.74) is 0.716. The van der Waals surface area contributed by atoms with Crippen molar-refractivity contribution in [3.63, 3.8) is 0 Å². The first kappa shape index (κ1) is 16.8. The van der Waals surface area contributed by atoms with Crippen LogP contribution in [0.4, 0.5) is 0 Å². The fourth-order valence-corrected chi connectivity index (χ4v) is 3.57. The maximum absolute atomic E-state index is 12.1. The molecule has 1 saturated heterocycles. The van der Waals surface area contributed by atoms with Crippen molar-refractivity contribution >= 4 is 11.9 Å². The number of ether oxygens (including phenoxy) is 2. The lowest BCUT2D eigenvalue weighted by Gasteiger charge is -2.50. The maximum atomic E-state index is 12.1. The molecule has 3 rings (SSSR count). The second-order valence-corrected chi connectivity index (χ2v) is 6.84. The van der Waals surface area contributed by atoms with Gasteiger partial charge in [0.1, 0.15) is 5.75 Å². The van der Waals surface area contributed by atoms with Crippen LogP contribution in [0.5, 0.6) is 5.75 Å². The van der Waals surface area contributed by atoms with Gasteiger partial charge in [-0.05, 0) is 50.3 Å². The fraction of sp³-hybridized carbons (Fsp3) is 0.556. The molecule has 1 aliphatic heterocycles. The van der Waals surface area contributed by atoms with Gasteiger partial charge in [0, 0.05) is 12.6 Å². The Balaban J connectivity index is 1.45. The number of benzene rings is 1. The maximum Gasteiger partial charge on any atom is 0.306 e. The molecule has 1 saturated carbocycles. The molecule has 1 heterocycles. The summed E-state index contributed by atoms with van der Waals surface area (Å²) < 4.78 is 11.3. The van der Waals surface area contributed by atoms with Crippen LogP contribution in [0.1, 0.15) is 31.2 Å². The Labute approximate surface area is 141 Å². The van der Waals surface area contributed by atoms with Gasteiger partial charge in [0.2, 0.25) is 0 Å². The molecule has 1 spiro atoms. The van der Waals surface area contributed by atoms with Crippen LogP contribution in [0, 0.1) is 12.8 Å². The van der Waals surface area contributed by atoms with E-state index in [2.05, 4.69) is 5.32 Å². The highest BCUT2D eigenvalue weighted by Crippen LogP contribution is 2.46. The highest BCUT2D eigenvalue weighted by atomic mass is 16.5. The molecular weight excluding hydrogens is 310 g/mol. The van der Waals surface area contributed by atoms with Crippen LogP contribution < -0.4 is 10.1 Å². The van der Waals surface area contributed by atoms with Crippen molar-refractivity contribution in [3.8, 4) is 5.75 Å². The normalized spacial score (nSPS) is 28.9. The highest BCUT2D eigenvalue weighted by molar-refractivity contribution is 5.78. The van der Waals surface area contributed by atoms with Crippen LogP contribution in [0.3, 0.4) is 0 Å². The second-order valence-electron chi connectivity index (χ2n) is 6.84. The van der Waals surface area contributed by atoms with Crippen molar-refractivity contribution in [1.29, 1.82) is 0 Å². The number of rotatable bonds is 5. The van der Waals surface area contributed by atoms with Gasteiger partial charge < -0.3 is 19.9 Å². The van der Waals surface area contributed by atoms with E-state index in [-0.39, 0.29) is 30.1 Å². The predicted molar refractivity (Wildman–Crippen MR) is 86.9 cm³/mol. The summed E-state index contributed by atoms with van der Waals surface area (Å²) in [5.74, 6) is -0.560. The van der Waals surface area contributed by atoms with Gasteiger partial charge >= 0.3 is 5.97 Å². The Morgan fingerprint density at radius 3 is 2.88 bits per heavy atom. The lowest BCUT2D eigenvalue weighted by molar-refractivity contribution is -0.182. The first-order valence-corrected chi connectivity index (χ1v) is 8.31. The standard InChI is InChI=1S/C18H23NO5/c1-12-3-2-4-15(7-12)23-11-16(20)19-14-5-6-24-18(10-14)8-13(9-18)17(21)22/h2-4,7,13-14H,5-6,8-11H2,1H3,(H,19,20)(H,21,22). The van der Waals surface area contributed by atoms with Crippen LogP contribution in [0.15, 0.2) is 24.3 Å². The summed E-state index contributed by atoms with van der Waals surface area (Å²) in [6.07, 6.45) is 2.49. The first-order chi connectivity index (χ1) is 11.5. The number of hydrogen-bond donors (Lipinski definition) is 2. The molecule has 130 valence electrons. The Kier molecular flexibility index (Phi) is 4.76. The lowest BCUT2D eigenvalue weighted by Crippen LogP contribution is -2.56. The number of aliphatic carboxylic acids is 1. The van der Waals surface area contributed by atoms with E-state index in [0.29, 0.717) is 31.6 Å².